The summed E-state index contributed by atoms with van der Waals surface area (Å²) >= 11 is 6.78. The summed E-state index contributed by atoms with van der Waals surface area (Å²) in [6.07, 6.45) is 2.54. The van der Waals surface area contributed by atoms with E-state index in [0.717, 1.165) is 33.9 Å². The van der Waals surface area contributed by atoms with Crippen molar-refractivity contribution in [2.24, 2.45) is 0 Å². The molecular formula is C12H15Br2NO. The second-order valence-electron chi connectivity index (χ2n) is 3.66. The van der Waals surface area contributed by atoms with Crippen LogP contribution in [0.15, 0.2) is 22.7 Å². The van der Waals surface area contributed by atoms with Gasteiger partial charge in [0.05, 0.1) is 0 Å². The first-order chi connectivity index (χ1) is 7.63. The first-order valence-electron chi connectivity index (χ1n) is 5.25. The molecule has 16 heavy (non-hydrogen) atoms. The number of anilines is 1. The van der Waals surface area contributed by atoms with E-state index in [0.29, 0.717) is 6.42 Å². The van der Waals surface area contributed by atoms with E-state index in [1.807, 2.05) is 25.1 Å². The molecule has 4 heteroatoms. The van der Waals surface area contributed by atoms with Crippen molar-refractivity contribution in [1.29, 1.82) is 0 Å². The summed E-state index contributed by atoms with van der Waals surface area (Å²) in [6.45, 7) is 2.00. The summed E-state index contributed by atoms with van der Waals surface area (Å²) in [4.78, 5) is 11.5. The van der Waals surface area contributed by atoms with E-state index in [-0.39, 0.29) is 5.91 Å². The van der Waals surface area contributed by atoms with Crippen LogP contribution in [0.4, 0.5) is 5.69 Å². The molecule has 0 aliphatic carbocycles. The van der Waals surface area contributed by atoms with Crippen molar-refractivity contribution < 1.29 is 4.79 Å². The average Bonchev–Trinajstić information content (AvgIpc) is 2.24. The lowest BCUT2D eigenvalue weighted by Gasteiger charge is -2.06. The quantitative estimate of drug-likeness (QED) is 0.625. The van der Waals surface area contributed by atoms with E-state index < -0.39 is 0 Å². The van der Waals surface area contributed by atoms with Crippen LogP contribution in [0.1, 0.15) is 24.8 Å². The number of carbonyl (C=O) groups is 1. The molecule has 0 spiro atoms. The molecule has 1 aromatic carbocycles. The molecule has 0 aliphatic heterocycles. The Morgan fingerprint density at radius 2 is 2.12 bits per heavy atom. The number of hydrogen-bond donors (Lipinski definition) is 1. The lowest BCUT2D eigenvalue weighted by Crippen LogP contribution is -2.11. The third kappa shape index (κ3) is 4.66. The van der Waals surface area contributed by atoms with Gasteiger partial charge in [0, 0.05) is 21.9 Å². The van der Waals surface area contributed by atoms with Crippen molar-refractivity contribution in [3.05, 3.63) is 28.2 Å². The minimum atomic E-state index is 0.0858. The predicted molar refractivity (Wildman–Crippen MR) is 75.2 cm³/mol. The summed E-state index contributed by atoms with van der Waals surface area (Å²) in [6, 6.07) is 5.81. The van der Waals surface area contributed by atoms with Gasteiger partial charge in [0.2, 0.25) is 5.91 Å². The van der Waals surface area contributed by atoms with Crippen LogP contribution in [0, 0.1) is 6.92 Å². The molecule has 0 fully saturated rings. The normalized spacial score (nSPS) is 10.2. The van der Waals surface area contributed by atoms with Crippen LogP contribution >= 0.6 is 31.9 Å². The van der Waals surface area contributed by atoms with Gasteiger partial charge >= 0.3 is 0 Å². The van der Waals surface area contributed by atoms with E-state index in [2.05, 4.69) is 37.2 Å². The van der Waals surface area contributed by atoms with E-state index >= 15 is 0 Å². The molecule has 0 unspecified atom stereocenters. The zero-order chi connectivity index (χ0) is 12.0. The summed E-state index contributed by atoms with van der Waals surface area (Å²) in [5.41, 5.74) is 1.99. The molecule has 0 radical (unpaired) electrons. The fraction of sp³-hybridized carbons (Fsp3) is 0.417. The molecule has 0 saturated carbocycles. The maximum atomic E-state index is 11.5. The Balaban J connectivity index is 2.46. The zero-order valence-electron chi connectivity index (χ0n) is 9.22. The van der Waals surface area contributed by atoms with E-state index in [1.165, 1.54) is 0 Å². The smallest absolute Gasteiger partial charge is 0.224 e. The number of rotatable bonds is 5. The molecule has 0 aliphatic rings. The van der Waals surface area contributed by atoms with Gasteiger partial charge in [0.1, 0.15) is 0 Å². The molecule has 0 atom stereocenters. The molecule has 0 saturated heterocycles. The number of amides is 1. The topological polar surface area (TPSA) is 29.1 Å². The lowest BCUT2D eigenvalue weighted by molar-refractivity contribution is -0.116. The fourth-order valence-corrected chi connectivity index (χ4v) is 1.97. The molecule has 0 bridgehead atoms. The average molecular weight is 349 g/mol. The summed E-state index contributed by atoms with van der Waals surface area (Å²) in [5.74, 6) is 0.0858. The number of benzene rings is 1. The molecule has 88 valence electrons. The Bertz CT molecular complexity index is 366. The van der Waals surface area contributed by atoms with Crippen LogP contribution in [-0.2, 0) is 4.79 Å². The van der Waals surface area contributed by atoms with Crippen molar-refractivity contribution in [2.75, 3.05) is 10.6 Å². The highest BCUT2D eigenvalue weighted by molar-refractivity contribution is 9.10. The minimum Gasteiger partial charge on any atom is -0.326 e. The minimum absolute atomic E-state index is 0.0858. The van der Waals surface area contributed by atoms with Gasteiger partial charge in [-0.25, -0.2) is 0 Å². The standard InChI is InChI=1S/C12H15Br2NO/c1-9-8-10(5-6-11(9)14)15-12(16)4-2-3-7-13/h5-6,8H,2-4,7H2,1H3,(H,15,16). The highest BCUT2D eigenvalue weighted by Gasteiger charge is 2.03. The molecule has 1 amide bonds. The molecule has 1 aromatic rings. The van der Waals surface area contributed by atoms with Gasteiger partial charge in [-0.3, -0.25) is 4.79 Å². The number of halogens is 2. The van der Waals surface area contributed by atoms with Crippen LogP contribution in [0.2, 0.25) is 0 Å². The monoisotopic (exact) mass is 347 g/mol. The highest BCUT2D eigenvalue weighted by atomic mass is 79.9. The number of nitrogens with one attached hydrogen (secondary N) is 1. The first-order valence-corrected chi connectivity index (χ1v) is 7.17. The lowest BCUT2D eigenvalue weighted by atomic mass is 10.2. The van der Waals surface area contributed by atoms with E-state index in [1.54, 1.807) is 0 Å². The van der Waals surface area contributed by atoms with Crippen molar-refractivity contribution in [3.63, 3.8) is 0 Å². The number of alkyl halides is 1. The van der Waals surface area contributed by atoms with E-state index in [9.17, 15) is 4.79 Å². The molecule has 1 N–H and O–H groups in total. The van der Waals surface area contributed by atoms with Gasteiger partial charge < -0.3 is 5.32 Å². The third-order valence-corrected chi connectivity index (χ3v) is 3.68. The van der Waals surface area contributed by atoms with Gasteiger partial charge in [-0.05, 0) is 43.5 Å². The fourth-order valence-electron chi connectivity index (χ4n) is 1.33. The van der Waals surface area contributed by atoms with Gasteiger partial charge in [-0.2, -0.15) is 0 Å². The Hall–Kier alpha value is -0.350. The number of unbranched alkanes of at least 4 members (excludes halogenated alkanes) is 1. The molecule has 2 nitrogen and oxygen atoms in total. The van der Waals surface area contributed by atoms with Crippen molar-refractivity contribution in [2.45, 2.75) is 26.2 Å². The van der Waals surface area contributed by atoms with Crippen molar-refractivity contribution in [3.8, 4) is 0 Å². The van der Waals surface area contributed by atoms with Crippen LogP contribution in [0.25, 0.3) is 0 Å². The SMILES string of the molecule is Cc1cc(NC(=O)CCCCBr)ccc1Br. The van der Waals surface area contributed by atoms with Crippen molar-refractivity contribution in [1.82, 2.24) is 0 Å². The number of aryl methyl sites for hydroxylation is 1. The van der Waals surface area contributed by atoms with Gasteiger partial charge in [-0.15, -0.1) is 0 Å². The Kier molecular flexibility index (Phi) is 6.06. The van der Waals surface area contributed by atoms with Crippen LogP contribution in [0.5, 0.6) is 0 Å². The van der Waals surface area contributed by atoms with Gasteiger partial charge in [0.15, 0.2) is 0 Å². The summed E-state index contributed by atoms with van der Waals surface area (Å²) in [5, 5.41) is 3.85. The van der Waals surface area contributed by atoms with Crippen LogP contribution < -0.4 is 5.32 Å². The second-order valence-corrected chi connectivity index (χ2v) is 5.31. The number of hydrogen-bond acceptors (Lipinski definition) is 1. The maximum Gasteiger partial charge on any atom is 0.224 e. The highest BCUT2D eigenvalue weighted by Crippen LogP contribution is 2.20. The second kappa shape index (κ2) is 7.07. The Morgan fingerprint density at radius 3 is 2.75 bits per heavy atom. The maximum absolute atomic E-state index is 11.5. The van der Waals surface area contributed by atoms with Gasteiger partial charge in [-0.1, -0.05) is 31.9 Å². The Morgan fingerprint density at radius 1 is 1.38 bits per heavy atom. The van der Waals surface area contributed by atoms with Gasteiger partial charge in [0.25, 0.3) is 0 Å². The largest absolute Gasteiger partial charge is 0.326 e. The first kappa shape index (κ1) is 13.7. The van der Waals surface area contributed by atoms with Crippen molar-refractivity contribution >= 4 is 43.5 Å². The molecule has 0 heterocycles. The van der Waals surface area contributed by atoms with Crippen LogP contribution in [0.3, 0.4) is 0 Å². The zero-order valence-corrected chi connectivity index (χ0v) is 12.4. The molecule has 0 aromatic heterocycles. The third-order valence-electron chi connectivity index (χ3n) is 2.23. The summed E-state index contributed by atoms with van der Waals surface area (Å²) in [7, 11) is 0. The number of carbonyl (C=O) groups excluding carboxylic acids is 1. The molecule has 1 rings (SSSR count). The Labute approximate surface area is 113 Å². The predicted octanol–water partition coefficient (Wildman–Crippen LogP) is 4.26. The summed E-state index contributed by atoms with van der Waals surface area (Å²) < 4.78 is 1.06. The van der Waals surface area contributed by atoms with Crippen LogP contribution in [-0.4, -0.2) is 11.2 Å². The molecular weight excluding hydrogens is 334 g/mol. The van der Waals surface area contributed by atoms with E-state index in [4.69, 9.17) is 0 Å².